The fraction of sp³-hybridized carbons (Fsp3) is 0.545. The third kappa shape index (κ3) is 3.00. The van der Waals surface area contributed by atoms with E-state index in [-0.39, 0.29) is 27.8 Å². The van der Waals surface area contributed by atoms with Crippen molar-refractivity contribution in [1.82, 2.24) is 9.29 Å². The lowest BCUT2D eigenvalue weighted by Crippen LogP contribution is -2.39. The van der Waals surface area contributed by atoms with Crippen LogP contribution in [0.4, 0.5) is 5.82 Å². The second-order valence-corrected chi connectivity index (χ2v) is 7.27. The van der Waals surface area contributed by atoms with Crippen molar-refractivity contribution in [2.45, 2.75) is 23.8 Å². The molecule has 1 saturated carbocycles. The molecule has 1 aromatic heterocycles. The minimum absolute atomic E-state index is 0.0223. The quantitative estimate of drug-likeness (QED) is 0.854. The van der Waals surface area contributed by atoms with Crippen molar-refractivity contribution in [2.75, 3.05) is 19.3 Å². The van der Waals surface area contributed by atoms with Crippen LogP contribution in [0.15, 0.2) is 17.2 Å². The molecule has 1 fully saturated rings. The molecule has 2 rings (SSSR count). The molecule has 8 heteroatoms. The van der Waals surface area contributed by atoms with E-state index in [9.17, 15) is 13.5 Å². The minimum atomic E-state index is -3.62. The van der Waals surface area contributed by atoms with Gasteiger partial charge in [0.2, 0.25) is 10.0 Å². The van der Waals surface area contributed by atoms with Gasteiger partial charge in [0.15, 0.2) is 0 Å². The van der Waals surface area contributed by atoms with Crippen molar-refractivity contribution < 1.29 is 13.5 Å². The monoisotopic (exact) mass is 305 g/mol. The van der Waals surface area contributed by atoms with Gasteiger partial charge < -0.3 is 10.8 Å². The van der Waals surface area contributed by atoms with Crippen molar-refractivity contribution >= 4 is 27.4 Å². The van der Waals surface area contributed by atoms with Crippen LogP contribution in [0, 0.1) is 5.92 Å². The zero-order chi connectivity index (χ0) is 14.2. The zero-order valence-electron chi connectivity index (χ0n) is 10.5. The summed E-state index contributed by atoms with van der Waals surface area (Å²) in [6, 6.07) is 1.30. The third-order valence-corrected chi connectivity index (χ3v) is 5.37. The molecule has 0 amide bonds. The van der Waals surface area contributed by atoms with Crippen molar-refractivity contribution in [3.8, 4) is 0 Å². The Labute approximate surface area is 117 Å². The molecule has 1 aromatic rings. The van der Waals surface area contributed by atoms with Gasteiger partial charge in [0.1, 0.15) is 10.7 Å². The Balaban J connectivity index is 2.14. The number of hydrogen-bond acceptors (Lipinski definition) is 5. The predicted octanol–water partition coefficient (Wildman–Crippen LogP) is 0.709. The Morgan fingerprint density at radius 3 is 2.74 bits per heavy atom. The smallest absolute Gasteiger partial charge is 0.244 e. The molecule has 1 aliphatic rings. The van der Waals surface area contributed by atoms with Crippen LogP contribution in [0.5, 0.6) is 0 Å². The summed E-state index contributed by atoms with van der Waals surface area (Å²) in [7, 11) is -2.11. The van der Waals surface area contributed by atoms with E-state index < -0.39 is 10.0 Å². The molecule has 0 atom stereocenters. The molecule has 0 unspecified atom stereocenters. The summed E-state index contributed by atoms with van der Waals surface area (Å²) in [6.45, 7) is 0.376. The molecule has 0 aromatic carbocycles. The number of hydrogen-bond donors (Lipinski definition) is 2. The number of anilines is 1. The van der Waals surface area contributed by atoms with Crippen LogP contribution < -0.4 is 5.73 Å². The largest absolute Gasteiger partial charge is 0.393 e. The second-order valence-electron chi connectivity index (χ2n) is 4.81. The molecule has 6 nitrogen and oxygen atoms in total. The Bertz CT molecular complexity index is 573. The number of nitrogen functional groups attached to an aromatic ring is 1. The average molecular weight is 306 g/mol. The van der Waals surface area contributed by atoms with Crippen LogP contribution in [0.25, 0.3) is 0 Å². The van der Waals surface area contributed by atoms with Crippen LogP contribution in [0.3, 0.4) is 0 Å². The molecule has 3 N–H and O–H groups in total. The Hall–Kier alpha value is -0.890. The summed E-state index contributed by atoms with van der Waals surface area (Å²) in [6.07, 6.45) is 2.18. The van der Waals surface area contributed by atoms with Gasteiger partial charge in [0.05, 0.1) is 11.1 Å². The van der Waals surface area contributed by atoms with Gasteiger partial charge >= 0.3 is 0 Å². The van der Waals surface area contributed by atoms with Crippen LogP contribution in [0.1, 0.15) is 12.8 Å². The summed E-state index contributed by atoms with van der Waals surface area (Å²) in [4.78, 5) is 3.77. The summed E-state index contributed by atoms with van der Waals surface area (Å²) >= 11 is 5.78. The van der Waals surface area contributed by atoms with Crippen LogP contribution >= 0.6 is 11.6 Å². The zero-order valence-corrected chi connectivity index (χ0v) is 12.0. The summed E-state index contributed by atoms with van der Waals surface area (Å²) < 4.78 is 25.8. The maximum Gasteiger partial charge on any atom is 0.244 e. The molecular weight excluding hydrogens is 290 g/mol. The van der Waals surface area contributed by atoms with E-state index in [1.807, 2.05) is 0 Å². The number of halogens is 1. The van der Waals surface area contributed by atoms with Gasteiger partial charge in [-0.05, 0) is 24.8 Å². The number of pyridine rings is 1. The molecule has 1 aliphatic carbocycles. The van der Waals surface area contributed by atoms with Crippen molar-refractivity contribution in [3.63, 3.8) is 0 Å². The SMILES string of the molecule is CN(CC1CC(O)C1)S(=O)(=O)c1cnc(N)c(Cl)c1. The minimum Gasteiger partial charge on any atom is -0.393 e. The first-order valence-corrected chi connectivity index (χ1v) is 7.68. The molecular formula is C11H16ClN3O3S. The van der Waals surface area contributed by atoms with Gasteiger partial charge in [-0.25, -0.2) is 17.7 Å². The molecule has 106 valence electrons. The van der Waals surface area contributed by atoms with Gasteiger partial charge in [-0.1, -0.05) is 11.6 Å². The first-order chi connectivity index (χ1) is 8.80. The lowest BCUT2D eigenvalue weighted by atomic mass is 9.82. The normalized spacial score (nSPS) is 23.4. The lowest BCUT2D eigenvalue weighted by molar-refractivity contribution is 0.0367. The number of aliphatic hydroxyl groups is 1. The fourth-order valence-electron chi connectivity index (χ4n) is 2.06. The fourth-order valence-corrected chi connectivity index (χ4v) is 3.51. The summed E-state index contributed by atoms with van der Waals surface area (Å²) in [5, 5.41) is 9.33. The van der Waals surface area contributed by atoms with Crippen LogP contribution in [-0.4, -0.2) is 42.5 Å². The Morgan fingerprint density at radius 2 is 2.21 bits per heavy atom. The summed E-state index contributed by atoms with van der Waals surface area (Å²) in [5.74, 6) is 0.303. The van der Waals surface area contributed by atoms with Crippen molar-refractivity contribution in [2.24, 2.45) is 5.92 Å². The van der Waals surface area contributed by atoms with Gasteiger partial charge in [0, 0.05) is 19.8 Å². The number of aliphatic hydroxyl groups excluding tert-OH is 1. The Morgan fingerprint density at radius 1 is 1.58 bits per heavy atom. The maximum absolute atomic E-state index is 12.3. The van der Waals surface area contributed by atoms with E-state index in [1.54, 1.807) is 0 Å². The third-order valence-electron chi connectivity index (χ3n) is 3.28. The molecule has 0 bridgehead atoms. The highest BCUT2D eigenvalue weighted by Gasteiger charge is 2.31. The highest BCUT2D eigenvalue weighted by atomic mass is 35.5. The number of nitrogens with zero attached hydrogens (tertiary/aromatic N) is 2. The maximum atomic E-state index is 12.3. The standard InChI is InChI=1S/C11H16ClN3O3S/c1-15(6-7-2-8(16)3-7)19(17,18)9-4-10(12)11(13)14-5-9/h4-5,7-8,16H,2-3,6H2,1H3,(H2,13,14). The number of sulfonamides is 1. The number of aromatic nitrogens is 1. The molecule has 1 heterocycles. The first-order valence-electron chi connectivity index (χ1n) is 5.86. The van der Waals surface area contributed by atoms with Crippen LogP contribution in [-0.2, 0) is 10.0 Å². The van der Waals surface area contributed by atoms with Crippen LogP contribution in [0.2, 0.25) is 5.02 Å². The van der Waals surface area contributed by atoms with Gasteiger partial charge in [0.25, 0.3) is 0 Å². The van der Waals surface area contributed by atoms with E-state index in [1.165, 1.54) is 23.6 Å². The molecule has 0 radical (unpaired) electrons. The topological polar surface area (TPSA) is 96.5 Å². The Kier molecular flexibility index (Phi) is 4.00. The number of nitrogens with two attached hydrogens (primary N) is 1. The first kappa shape index (κ1) is 14.5. The van der Waals surface area contributed by atoms with Crippen molar-refractivity contribution in [3.05, 3.63) is 17.3 Å². The molecule has 0 aliphatic heterocycles. The number of rotatable bonds is 4. The van der Waals surface area contributed by atoms with Crippen molar-refractivity contribution in [1.29, 1.82) is 0 Å². The average Bonchev–Trinajstić information content (AvgIpc) is 2.30. The highest BCUT2D eigenvalue weighted by molar-refractivity contribution is 7.89. The molecule has 0 saturated heterocycles. The van der Waals surface area contributed by atoms with E-state index >= 15 is 0 Å². The highest BCUT2D eigenvalue weighted by Crippen LogP contribution is 2.29. The van der Waals surface area contributed by atoms with Gasteiger partial charge in [-0.3, -0.25) is 0 Å². The van der Waals surface area contributed by atoms with E-state index in [0.717, 1.165) is 0 Å². The van der Waals surface area contributed by atoms with Gasteiger partial charge in [-0.2, -0.15) is 0 Å². The molecule has 19 heavy (non-hydrogen) atoms. The summed E-state index contributed by atoms with van der Waals surface area (Å²) in [5.41, 5.74) is 5.46. The van der Waals surface area contributed by atoms with E-state index in [4.69, 9.17) is 17.3 Å². The van der Waals surface area contributed by atoms with Gasteiger partial charge in [-0.15, -0.1) is 0 Å². The molecule has 0 spiro atoms. The van der Waals surface area contributed by atoms with E-state index in [0.29, 0.717) is 19.4 Å². The lowest BCUT2D eigenvalue weighted by Gasteiger charge is -2.34. The predicted molar refractivity (Wildman–Crippen MR) is 72.2 cm³/mol. The second kappa shape index (κ2) is 5.24. The van der Waals surface area contributed by atoms with E-state index in [2.05, 4.69) is 4.98 Å².